The van der Waals surface area contributed by atoms with Gasteiger partial charge in [0.15, 0.2) is 0 Å². The molecule has 1 atom stereocenters. The van der Waals surface area contributed by atoms with Gasteiger partial charge in [-0.2, -0.15) is 0 Å². The van der Waals surface area contributed by atoms with Gasteiger partial charge in [-0.15, -0.1) is 0 Å². The molecule has 6 heteroatoms. The predicted octanol–water partition coefficient (Wildman–Crippen LogP) is 3.05. The number of likely N-dealkylation sites (tertiary alicyclic amines) is 1. The van der Waals surface area contributed by atoms with Crippen molar-refractivity contribution in [3.8, 4) is 11.1 Å². The van der Waals surface area contributed by atoms with E-state index in [1.54, 1.807) is 0 Å². The number of ether oxygens (including phenoxy) is 1. The van der Waals surface area contributed by atoms with Crippen molar-refractivity contribution in [2.45, 2.75) is 24.8 Å². The van der Waals surface area contributed by atoms with E-state index in [1.807, 2.05) is 48.5 Å². The van der Waals surface area contributed by atoms with Crippen molar-refractivity contribution in [1.29, 1.82) is 0 Å². The summed E-state index contributed by atoms with van der Waals surface area (Å²) < 4.78 is 5.51. The van der Waals surface area contributed by atoms with Gasteiger partial charge in [0.05, 0.1) is 0 Å². The molecule has 0 radical (unpaired) electrons. The second-order valence-corrected chi connectivity index (χ2v) is 6.84. The Hall–Kier alpha value is -3.15. The summed E-state index contributed by atoms with van der Waals surface area (Å²) in [6.07, 6.45) is -0.690. The van der Waals surface area contributed by atoms with Gasteiger partial charge in [0.25, 0.3) is 0 Å². The third-order valence-corrected chi connectivity index (χ3v) is 5.28. The zero-order valence-electron chi connectivity index (χ0n) is 14.6. The first-order chi connectivity index (χ1) is 13.1. The van der Waals surface area contributed by atoms with Crippen LogP contribution in [0.15, 0.2) is 48.5 Å². The maximum absolute atomic E-state index is 12.5. The van der Waals surface area contributed by atoms with E-state index >= 15 is 0 Å². The summed E-state index contributed by atoms with van der Waals surface area (Å²) in [5.74, 6) is -1.42. The largest absolute Gasteiger partial charge is 0.480 e. The highest BCUT2D eigenvalue weighted by Crippen LogP contribution is 2.44. The fourth-order valence-corrected chi connectivity index (χ4v) is 3.94. The molecule has 1 N–H and O–H groups in total. The molecular weight excluding hydrogens is 346 g/mol. The number of nitrogens with zero attached hydrogens (tertiary/aromatic N) is 1. The van der Waals surface area contributed by atoms with Crippen molar-refractivity contribution < 1.29 is 24.2 Å². The molecule has 1 aliphatic carbocycles. The van der Waals surface area contributed by atoms with Crippen LogP contribution in [0.4, 0.5) is 4.79 Å². The lowest BCUT2D eigenvalue weighted by molar-refractivity contribution is -0.146. The lowest BCUT2D eigenvalue weighted by atomic mass is 9.98. The zero-order valence-corrected chi connectivity index (χ0v) is 14.6. The number of carboxylic acids is 1. The summed E-state index contributed by atoms with van der Waals surface area (Å²) in [6, 6.07) is 14.9. The molecule has 1 amide bonds. The summed E-state index contributed by atoms with van der Waals surface area (Å²) in [7, 11) is 0. The number of rotatable bonds is 3. The Morgan fingerprint density at radius 3 is 2.22 bits per heavy atom. The minimum absolute atomic E-state index is 0.0759. The number of aliphatic carboxylic acids is 1. The highest BCUT2D eigenvalue weighted by molar-refractivity contribution is 5.90. The molecule has 0 spiro atoms. The standard InChI is InChI=1S/C21H19NO5/c23-13-9-10-22(19(11-13)20(24)25)21(26)27-12-18-16-7-3-1-5-14(16)15-6-2-4-8-17(15)18/h1-8,18-19H,9-12H2,(H,24,25)/t19-/m1/s1. The van der Waals surface area contributed by atoms with Crippen LogP contribution in [0.5, 0.6) is 0 Å². The number of amides is 1. The van der Waals surface area contributed by atoms with Crippen molar-refractivity contribution in [2.75, 3.05) is 13.2 Å². The average molecular weight is 365 g/mol. The van der Waals surface area contributed by atoms with Gasteiger partial charge in [0, 0.05) is 25.3 Å². The minimum atomic E-state index is -1.18. The van der Waals surface area contributed by atoms with Gasteiger partial charge in [0.2, 0.25) is 0 Å². The first-order valence-corrected chi connectivity index (χ1v) is 8.92. The Labute approximate surface area is 156 Å². The van der Waals surface area contributed by atoms with Gasteiger partial charge in [-0.05, 0) is 22.3 Å². The summed E-state index contributed by atoms with van der Waals surface area (Å²) in [6.45, 7) is 0.204. The second-order valence-electron chi connectivity index (χ2n) is 6.84. The normalized spacial score (nSPS) is 18.7. The summed E-state index contributed by atoms with van der Waals surface area (Å²) in [5.41, 5.74) is 4.44. The number of piperidine rings is 1. The smallest absolute Gasteiger partial charge is 0.410 e. The first-order valence-electron chi connectivity index (χ1n) is 8.92. The number of ketones is 1. The van der Waals surface area contributed by atoms with Crippen LogP contribution in [0.25, 0.3) is 11.1 Å². The van der Waals surface area contributed by atoms with Crippen molar-refractivity contribution in [2.24, 2.45) is 0 Å². The van der Waals surface area contributed by atoms with Crippen LogP contribution in [0.1, 0.15) is 29.9 Å². The van der Waals surface area contributed by atoms with Crippen molar-refractivity contribution in [1.82, 2.24) is 4.90 Å². The molecule has 0 bridgehead atoms. The van der Waals surface area contributed by atoms with Crippen molar-refractivity contribution >= 4 is 17.8 Å². The van der Waals surface area contributed by atoms with E-state index in [-0.39, 0.29) is 37.7 Å². The minimum Gasteiger partial charge on any atom is -0.480 e. The third-order valence-electron chi connectivity index (χ3n) is 5.28. The fourth-order valence-electron chi connectivity index (χ4n) is 3.94. The second kappa shape index (κ2) is 6.87. The van der Waals surface area contributed by atoms with E-state index in [1.165, 1.54) is 0 Å². The number of hydrogen-bond acceptors (Lipinski definition) is 4. The summed E-state index contributed by atoms with van der Waals surface area (Å²) in [5, 5.41) is 9.31. The molecule has 0 unspecified atom stereocenters. The zero-order chi connectivity index (χ0) is 19.0. The van der Waals surface area contributed by atoms with E-state index in [0.29, 0.717) is 0 Å². The van der Waals surface area contributed by atoms with Crippen molar-refractivity contribution in [3.63, 3.8) is 0 Å². The lowest BCUT2D eigenvalue weighted by Gasteiger charge is -2.31. The summed E-state index contributed by atoms with van der Waals surface area (Å²) in [4.78, 5) is 36.6. The van der Waals surface area contributed by atoms with Crippen LogP contribution in [0, 0.1) is 0 Å². The number of carbonyl (C=O) groups is 3. The maximum Gasteiger partial charge on any atom is 0.410 e. The first kappa shape index (κ1) is 17.3. The molecule has 2 aromatic carbocycles. The molecule has 0 saturated carbocycles. The van der Waals surface area contributed by atoms with Crippen LogP contribution in [-0.2, 0) is 14.3 Å². The molecule has 27 heavy (non-hydrogen) atoms. The topological polar surface area (TPSA) is 83.9 Å². The molecule has 1 fully saturated rings. The Bertz CT molecular complexity index is 877. The SMILES string of the molecule is O=C1CCN(C(=O)OCC2c3ccccc3-c3ccccc32)[C@@H](C(=O)O)C1. The van der Waals surface area contributed by atoms with E-state index in [2.05, 4.69) is 0 Å². The summed E-state index contributed by atoms with van der Waals surface area (Å²) >= 11 is 0. The number of carbonyl (C=O) groups excluding carboxylic acids is 2. The molecule has 1 saturated heterocycles. The highest BCUT2D eigenvalue weighted by Gasteiger charge is 2.37. The third kappa shape index (κ3) is 3.07. The predicted molar refractivity (Wildman–Crippen MR) is 97.4 cm³/mol. The molecule has 1 aliphatic heterocycles. The molecule has 2 aromatic rings. The fraction of sp³-hybridized carbons (Fsp3) is 0.286. The maximum atomic E-state index is 12.5. The van der Waals surface area contributed by atoms with Crippen molar-refractivity contribution in [3.05, 3.63) is 59.7 Å². The van der Waals surface area contributed by atoms with E-state index in [9.17, 15) is 19.5 Å². The molecule has 2 aliphatic rings. The average Bonchev–Trinajstić information content (AvgIpc) is 3.00. The molecule has 1 heterocycles. The van der Waals surface area contributed by atoms with Crippen LogP contribution in [0.2, 0.25) is 0 Å². The molecule has 138 valence electrons. The Morgan fingerprint density at radius 1 is 1.04 bits per heavy atom. The van der Waals surface area contributed by atoms with Gasteiger partial charge in [-0.25, -0.2) is 9.59 Å². The monoisotopic (exact) mass is 365 g/mol. The van der Waals surface area contributed by atoms with Gasteiger partial charge in [-0.3, -0.25) is 9.69 Å². The quantitative estimate of drug-likeness (QED) is 0.904. The number of Topliss-reactive ketones (excluding diaryl/α,β-unsaturated/α-hetero) is 1. The molecule has 0 aromatic heterocycles. The van der Waals surface area contributed by atoms with E-state index in [0.717, 1.165) is 27.2 Å². The van der Waals surface area contributed by atoms with Gasteiger partial charge < -0.3 is 9.84 Å². The molecule has 6 nitrogen and oxygen atoms in total. The van der Waals surface area contributed by atoms with E-state index in [4.69, 9.17) is 4.74 Å². The molecular formula is C21H19NO5. The lowest BCUT2D eigenvalue weighted by Crippen LogP contribution is -2.50. The van der Waals surface area contributed by atoms with E-state index < -0.39 is 18.1 Å². The van der Waals surface area contributed by atoms with Crippen LogP contribution >= 0.6 is 0 Å². The van der Waals surface area contributed by atoms with Gasteiger partial charge in [-0.1, -0.05) is 48.5 Å². The number of fused-ring (bicyclic) bond motifs is 3. The molecule has 4 rings (SSSR count). The van der Waals surface area contributed by atoms with Crippen LogP contribution < -0.4 is 0 Å². The van der Waals surface area contributed by atoms with Crippen LogP contribution in [0.3, 0.4) is 0 Å². The Balaban J connectivity index is 1.53. The Morgan fingerprint density at radius 2 is 1.63 bits per heavy atom. The number of benzene rings is 2. The Kier molecular flexibility index (Phi) is 4.39. The van der Waals surface area contributed by atoms with Gasteiger partial charge in [0.1, 0.15) is 18.4 Å². The number of carboxylic acid groups (broad SMARTS) is 1. The highest BCUT2D eigenvalue weighted by atomic mass is 16.6. The van der Waals surface area contributed by atoms with Crippen LogP contribution in [-0.4, -0.2) is 47.0 Å². The number of hydrogen-bond donors (Lipinski definition) is 1. The van der Waals surface area contributed by atoms with Gasteiger partial charge >= 0.3 is 12.1 Å².